The van der Waals surface area contributed by atoms with Crippen LogP contribution < -0.4 is 10.6 Å². The first-order valence-electron chi connectivity index (χ1n) is 8.13. The van der Waals surface area contributed by atoms with Gasteiger partial charge in [0, 0.05) is 13.1 Å². The van der Waals surface area contributed by atoms with E-state index in [1.54, 1.807) is 0 Å². The zero-order chi connectivity index (χ0) is 17.6. The van der Waals surface area contributed by atoms with Gasteiger partial charge in [0.2, 0.25) is 0 Å². The molecule has 24 heavy (non-hydrogen) atoms. The molecule has 1 aromatic heterocycles. The number of ether oxygens (including phenoxy) is 1. The summed E-state index contributed by atoms with van der Waals surface area (Å²) >= 11 is 0. The van der Waals surface area contributed by atoms with E-state index >= 15 is 0 Å². The first-order chi connectivity index (χ1) is 11.3. The van der Waals surface area contributed by atoms with Crippen molar-refractivity contribution in [2.45, 2.75) is 52.9 Å². The van der Waals surface area contributed by atoms with Crippen molar-refractivity contribution in [1.82, 2.24) is 10.6 Å². The van der Waals surface area contributed by atoms with Gasteiger partial charge in [-0.25, -0.2) is 4.79 Å². The van der Waals surface area contributed by atoms with Crippen LogP contribution in [0, 0.1) is 6.92 Å². The Labute approximate surface area is 143 Å². The summed E-state index contributed by atoms with van der Waals surface area (Å²) in [6.45, 7) is 9.28. The van der Waals surface area contributed by atoms with Gasteiger partial charge in [0.05, 0.1) is 6.54 Å². The first kappa shape index (κ1) is 18.1. The van der Waals surface area contributed by atoms with Crippen LogP contribution in [0.1, 0.15) is 43.4 Å². The molecule has 0 saturated heterocycles. The molecule has 5 heteroatoms. The lowest BCUT2D eigenvalue weighted by atomic mass is 10.1. The topological polar surface area (TPSA) is 63.5 Å². The standard InChI is InChI=1S/C19H26N2O3/c1-14-9-10-17(23-14)13-20-11-15-7-5-6-8-16(15)12-21-18(22)24-19(2,3)4/h5-10,20H,11-13H2,1-4H3,(H,21,22). The molecule has 2 rings (SSSR count). The Hall–Kier alpha value is -2.27. The van der Waals surface area contributed by atoms with E-state index in [1.165, 1.54) is 0 Å². The number of carbonyl (C=O) groups is 1. The second kappa shape index (κ2) is 8.02. The van der Waals surface area contributed by atoms with Gasteiger partial charge in [-0.1, -0.05) is 24.3 Å². The maximum absolute atomic E-state index is 11.8. The van der Waals surface area contributed by atoms with Gasteiger partial charge in [-0.3, -0.25) is 0 Å². The molecule has 130 valence electrons. The maximum atomic E-state index is 11.8. The molecule has 0 bridgehead atoms. The van der Waals surface area contributed by atoms with Crippen LogP contribution in [0.5, 0.6) is 0 Å². The normalized spacial score (nSPS) is 11.3. The summed E-state index contributed by atoms with van der Waals surface area (Å²) in [4.78, 5) is 11.8. The number of alkyl carbamates (subject to hydrolysis) is 1. The van der Waals surface area contributed by atoms with Gasteiger partial charge in [0.1, 0.15) is 17.1 Å². The van der Waals surface area contributed by atoms with Crippen LogP contribution in [0.25, 0.3) is 0 Å². The van der Waals surface area contributed by atoms with Crippen molar-refractivity contribution in [2.75, 3.05) is 0 Å². The Bertz CT molecular complexity index is 671. The smallest absolute Gasteiger partial charge is 0.407 e. The molecule has 5 nitrogen and oxygen atoms in total. The Balaban J connectivity index is 1.86. The minimum absolute atomic E-state index is 0.406. The highest BCUT2D eigenvalue weighted by atomic mass is 16.6. The molecule has 0 aliphatic heterocycles. The molecule has 0 fully saturated rings. The number of rotatable bonds is 6. The van der Waals surface area contributed by atoms with Crippen molar-refractivity contribution in [3.05, 3.63) is 59.0 Å². The minimum atomic E-state index is -0.494. The summed E-state index contributed by atoms with van der Waals surface area (Å²) in [5.74, 6) is 1.82. The molecule has 2 aromatic rings. The number of nitrogens with one attached hydrogen (secondary N) is 2. The van der Waals surface area contributed by atoms with Crippen molar-refractivity contribution >= 4 is 6.09 Å². The lowest BCUT2D eigenvalue weighted by Gasteiger charge is -2.20. The number of hydrogen-bond donors (Lipinski definition) is 2. The van der Waals surface area contributed by atoms with E-state index in [9.17, 15) is 4.79 Å². The Morgan fingerprint density at radius 1 is 1.04 bits per heavy atom. The van der Waals surface area contributed by atoms with E-state index in [-0.39, 0.29) is 0 Å². The minimum Gasteiger partial charge on any atom is -0.465 e. The molecular weight excluding hydrogens is 304 g/mol. The van der Waals surface area contributed by atoms with Gasteiger partial charge in [0.15, 0.2) is 0 Å². The van der Waals surface area contributed by atoms with Gasteiger partial charge in [-0.15, -0.1) is 0 Å². The zero-order valence-corrected chi connectivity index (χ0v) is 14.8. The molecule has 1 amide bonds. The molecule has 0 unspecified atom stereocenters. The average molecular weight is 330 g/mol. The van der Waals surface area contributed by atoms with Gasteiger partial charge < -0.3 is 19.8 Å². The van der Waals surface area contributed by atoms with E-state index in [4.69, 9.17) is 9.15 Å². The number of aryl methyl sites for hydroxylation is 1. The third kappa shape index (κ3) is 6.08. The lowest BCUT2D eigenvalue weighted by molar-refractivity contribution is 0.0523. The second-order valence-corrected chi connectivity index (χ2v) is 6.74. The summed E-state index contributed by atoms with van der Waals surface area (Å²) in [7, 11) is 0. The van der Waals surface area contributed by atoms with Crippen molar-refractivity contribution < 1.29 is 13.9 Å². The first-order valence-corrected chi connectivity index (χ1v) is 8.13. The number of furan rings is 1. The van der Waals surface area contributed by atoms with Gasteiger partial charge in [-0.2, -0.15) is 0 Å². The molecular formula is C19H26N2O3. The third-order valence-corrected chi connectivity index (χ3v) is 3.35. The summed E-state index contributed by atoms with van der Waals surface area (Å²) in [5, 5.41) is 6.16. The van der Waals surface area contributed by atoms with Crippen LogP contribution >= 0.6 is 0 Å². The highest BCUT2D eigenvalue weighted by molar-refractivity contribution is 5.67. The number of amides is 1. The van der Waals surface area contributed by atoms with Crippen molar-refractivity contribution in [3.8, 4) is 0 Å². The fraction of sp³-hybridized carbons (Fsp3) is 0.421. The quantitative estimate of drug-likeness (QED) is 0.843. The molecule has 0 radical (unpaired) electrons. The largest absolute Gasteiger partial charge is 0.465 e. The molecule has 2 N–H and O–H groups in total. The second-order valence-electron chi connectivity index (χ2n) is 6.74. The molecule has 0 aliphatic rings. The van der Waals surface area contributed by atoms with Crippen LogP contribution in [0.15, 0.2) is 40.8 Å². The van der Waals surface area contributed by atoms with Crippen LogP contribution in [-0.2, 0) is 24.4 Å². The monoisotopic (exact) mass is 330 g/mol. The fourth-order valence-electron chi connectivity index (χ4n) is 2.28. The van der Waals surface area contributed by atoms with E-state index in [1.807, 2.05) is 64.1 Å². The van der Waals surface area contributed by atoms with E-state index < -0.39 is 11.7 Å². The molecule has 0 saturated carbocycles. The Morgan fingerprint density at radius 2 is 1.71 bits per heavy atom. The predicted molar refractivity (Wildman–Crippen MR) is 93.5 cm³/mol. The highest BCUT2D eigenvalue weighted by Crippen LogP contribution is 2.11. The Kier molecular flexibility index (Phi) is 6.04. The molecule has 1 aromatic carbocycles. The highest BCUT2D eigenvalue weighted by Gasteiger charge is 2.16. The lowest BCUT2D eigenvalue weighted by Crippen LogP contribution is -2.32. The SMILES string of the molecule is Cc1ccc(CNCc2ccccc2CNC(=O)OC(C)(C)C)o1. The van der Waals surface area contributed by atoms with Crippen LogP contribution in [0.3, 0.4) is 0 Å². The Morgan fingerprint density at radius 3 is 2.29 bits per heavy atom. The van der Waals surface area contributed by atoms with Crippen molar-refractivity contribution in [1.29, 1.82) is 0 Å². The van der Waals surface area contributed by atoms with Gasteiger partial charge >= 0.3 is 6.09 Å². The van der Waals surface area contributed by atoms with E-state index in [0.29, 0.717) is 19.6 Å². The molecule has 1 heterocycles. The van der Waals surface area contributed by atoms with Gasteiger partial charge in [-0.05, 0) is 51.0 Å². The molecule has 0 atom stereocenters. The fourth-order valence-corrected chi connectivity index (χ4v) is 2.28. The average Bonchev–Trinajstić information content (AvgIpc) is 2.90. The van der Waals surface area contributed by atoms with Crippen LogP contribution in [0.2, 0.25) is 0 Å². The molecule has 0 aliphatic carbocycles. The van der Waals surface area contributed by atoms with Crippen molar-refractivity contribution in [3.63, 3.8) is 0 Å². The van der Waals surface area contributed by atoms with E-state index in [0.717, 1.165) is 22.6 Å². The number of carbonyl (C=O) groups excluding carboxylic acids is 1. The van der Waals surface area contributed by atoms with E-state index in [2.05, 4.69) is 10.6 Å². The van der Waals surface area contributed by atoms with Gasteiger partial charge in [0.25, 0.3) is 0 Å². The predicted octanol–water partition coefficient (Wildman–Crippen LogP) is 3.90. The number of hydrogen-bond acceptors (Lipinski definition) is 4. The zero-order valence-electron chi connectivity index (χ0n) is 14.8. The molecule has 0 spiro atoms. The van der Waals surface area contributed by atoms with Crippen LogP contribution in [0.4, 0.5) is 4.79 Å². The summed E-state index contributed by atoms with van der Waals surface area (Å²) in [6, 6.07) is 11.9. The van der Waals surface area contributed by atoms with Crippen LogP contribution in [-0.4, -0.2) is 11.7 Å². The maximum Gasteiger partial charge on any atom is 0.407 e. The summed E-state index contributed by atoms with van der Waals surface area (Å²) < 4.78 is 10.8. The number of benzene rings is 1. The van der Waals surface area contributed by atoms with Crippen molar-refractivity contribution in [2.24, 2.45) is 0 Å². The summed E-state index contributed by atoms with van der Waals surface area (Å²) in [5.41, 5.74) is 1.70. The third-order valence-electron chi connectivity index (χ3n) is 3.35. The summed E-state index contributed by atoms with van der Waals surface area (Å²) in [6.07, 6.45) is -0.406.